The summed E-state index contributed by atoms with van der Waals surface area (Å²) in [6.45, 7) is 10.5. The van der Waals surface area contributed by atoms with E-state index in [1.807, 2.05) is 39.8 Å². The topological polar surface area (TPSA) is 103 Å². The van der Waals surface area contributed by atoms with Crippen molar-refractivity contribution in [1.29, 1.82) is 0 Å². The van der Waals surface area contributed by atoms with Crippen molar-refractivity contribution in [3.8, 4) is 17.2 Å². The number of ether oxygens (including phenoxy) is 2. The fourth-order valence-corrected chi connectivity index (χ4v) is 7.40. The van der Waals surface area contributed by atoms with E-state index in [4.69, 9.17) is 9.47 Å². The fourth-order valence-electron chi connectivity index (χ4n) is 7.40. The summed E-state index contributed by atoms with van der Waals surface area (Å²) in [6.07, 6.45) is 5.63. The smallest absolute Gasteiger partial charge is 0.412 e. The van der Waals surface area contributed by atoms with E-state index in [0.29, 0.717) is 37.4 Å². The Morgan fingerprint density at radius 2 is 1.70 bits per heavy atom. The molecule has 3 heterocycles. The predicted molar refractivity (Wildman–Crippen MR) is 183 cm³/mol. The van der Waals surface area contributed by atoms with Crippen molar-refractivity contribution in [2.75, 3.05) is 31.6 Å². The van der Waals surface area contributed by atoms with Crippen LogP contribution in [-0.4, -0.2) is 54.3 Å². The average Bonchev–Trinajstić information content (AvgIpc) is 3.07. The first-order valence-corrected chi connectivity index (χ1v) is 17.0. The molecule has 0 radical (unpaired) electrons. The number of nitrogens with zero attached hydrogens (tertiary/aromatic N) is 2. The van der Waals surface area contributed by atoms with Gasteiger partial charge in [-0.3, -0.25) is 9.69 Å². The Bertz CT molecular complexity index is 1670. The number of phenolic OH excluding ortho intramolecular Hbond substituents is 1. The quantitative estimate of drug-likeness (QED) is 0.234. The maximum absolute atomic E-state index is 13.1. The number of unbranched alkanes of at least 4 members (excludes halogenated alkanes) is 3. The molecule has 0 spiro atoms. The number of amides is 2. The molecule has 0 aromatic heterocycles. The third kappa shape index (κ3) is 6.50. The van der Waals surface area contributed by atoms with Crippen LogP contribution in [0.25, 0.3) is 0 Å². The van der Waals surface area contributed by atoms with E-state index in [9.17, 15) is 14.7 Å². The van der Waals surface area contributed by atoms with Gasteiger partial charge in [-0.15, -0.1) is 0 Å². The molecule has 6 rings (SSSR count). The minimum absolute atomic E-state index is 0.106. The fraction of sp³-hybridized carbons (Fsp3) is 0.474. The van der Waals surface area contributed by atoms with Gasteiger partial charge in [-0.2, -0.15) is 0 Å². The van der Waals surface area contributed by atoms with Gasteiger partial charge in [0.15, 0.2) is 5.60 Å². The zero-order valence-corrected chi connectivity index (χ0v) is 28.4. The summed E-state index contributed by atoms with van der Waals surface area (Å²) in [4.78, 5) is 30.4. The minimum Gasteiger partial charge on any atom is -0.507 e. The first-order valence-electron chi connectivity index (χ1n) is 17.0. The Hall–Kier alpha value is -4.24. The first-order chi connectivity index (χ1) is 22.6. The van der Waals surface area contributed by atoms with Gasteiger partial charge in [0, 0.05) is 50.9 Å². The molecule has 0 saturated heterocycles. The third-order valence-electron chi connectivity index (χ3n) is 10.4. The Labute approximate surface area is 278 Å². The number of carbonyl (C=O) groups excluding carboxylic acids is 2. The highest BCUT2D eigenvalue weighted by atomic mass is 16.6. The number of nitrogens with one attached hydrogen (secondary N) is 2. The highest BCUT2D eigenvalue weighted by Crippen LogP contribution is 2.44. The molecule has 2 unspecified atom stereocenters. The van der Waals surface area contributed by atoms with E-state index in [2.05, 4.69) is 57.8 Å². The SMILES string of the molecule is Cc1c(C)c2c(c(C)c1O)CCC(C)(C(=O)NCCCCCCNC(=O)Oc1ccc3c(c1)CN1CCc4ccccc4C1N3C)O2. The lowest BCUT2D eigenvalue weighted by atomic mass is 9.86. The van der Waals surface area contributed by atoms with Crippen LogP contribution >= 0.6 is 0 Å². The maximum Gasteiger partial charge on any atom is 0.412 e. The number of benzene rings is 3. The van der Waals surface area contributed by atoms with Gasteiger partial charge < -0.3 is 30.1 Å². The Kier molecular flexibility index (Phi) is 9.37. The second kappa shape index (κ2) is 13.5. The number of hydrogen-bond acceptors (Lipinski definition) is 7. The van der Waals surface area contributed by atoms with Gasteiger partial charge in [-0.25, -0.2) is 4.79 Å². The van der Waals surface area contributed by atoms with E-state index in [-0.39, 0.29) is 12.1 Å². The second-order valence-corrected chi connectivity index (χ2v) is 13.5. The molecule has 0 aliphatic carbocycles. The van der Waals surface area contributed by atoms with Gasteiger partial charge in [-0.05, 0) is 105 Å². The van der Waals surface area contributed by atoms with E-state index in [1.54, 1.807) is 0 Å². The molecule has 9 heteroatoms. The lowest BCUT2D eigenvalue weighted by Crippen LogP contribution is -2.51. The van der Waals surface area contributed by atoms with Crippen molar-refractivity contribution in [2.45, 2.75) is 91.0 Å². The maximum atomic E-state index is 13.1. The lowest BCUT2D eigenvalue weighted by Gasteiger charge is -2.47. The summed E-state index contributed by atoms with van der Waals surface area (Å²) in [7, 11) is 2.14. The summed E-state index contributed by atoms with van der Waals surface area (Å²) in [5.74, 6) is 1.49. The first kappa shape index (κ1) is 32.7. The van der Waals surface area contributed by atoms with E-state index in [0.717, 1.165) is 78.8 Å². The van der Waals surface area contributed by atoms with E-state index in [1.165, 1.54) is 16.8 Å². The van der Waals surface area contributed by atoms with Gasteiger partial charge in [-0.1, -0.05) is 37.1 Å². The number of fused-ring (bicyclic) bond motifs is 5. The van der Waals surface area contributed by atoms with Crippen LogP contribution in [0.5, 0.6) is 17.2 Å². The Morgan fingerprint density at radius 3 is 2.49 bits per heavy atom. The summed E-state index contributed by atoms with van der Waals surface area (Å²) in [5, 5.41) is 16.3. The molecule has 2 atom stereocenters. The molecular formula is C38H48N4O5. The largest absolute Gasteiger partial charge is 0.507 e. The normalized spacial score (nSPS) is 19.9. The zero-order valence-electron chi connectivity index (χ0n) is 28.4. The van der Waals surface area contributed by atoms with Crippen LogP contribution in [0.1, 0.15) is 84.1 Å². The predicted octanol–water partition coefficient (Wildman–Crippen LogP) is 6.37. The monoisotopic (exact) mass is 640 g/mol. The highest BCUT2D eigenvalue weighted by Gasteiger charge is 2.40. The van der Waals surface area contributed by atoms with Gasteiger partial charge in [0.25, 0.3) is 5.91 Å². The minimum atomic E-state index is -0.936. The lowest BCUT2D eigenvalue weighted by molar-refractivity contribution is -0.136. The second-order valence-electron chi connectivity index (χ2n) is 13.5. The number of rotatable bonds is 9. The molecule has 3 aliphatic heterocycles. The third-order valence-corrected chi connectivity index (χ3v) is 10.4. The van der Waals surface area contributed by atoms with Gasteiger partial charge in [0.2, 0.25) is 0 Å². The van der Waals surface area contributed by atoms with Crippen LogP contribution in [0.15, 0.2) is 42.5 Å². The van der Waals surface area contributed by atoms with Crippen molar-refractivity contribution in [3.63, 3.8) is 0 Å². The van der Waals surface area contributed by atoms with Crippen molar-refractivity contribution < 1.29 is 24.2 Å². The van der Waals surface area contributed by atoms with Crippen LogP contribution in [0.4, 0.5) is 10.5 Å². The van der Waals surface area contributed by atoms with Gasteiger partial charge in [0.05, 0.1) is 0 Å². The molecule has 2 amide bonds. The molecule has 3 N–H and O–H groups in total. The van der Waals surface area contributed by atoms with Crippen LogP contribution in [0.3, 0.4) is 0 Å². The van der Waals surface area contributed by atoms with Crippen LogP contribution in [0, 0.1) is 20.8 Å². The number of phenols is 1. The number of anilines is 1. The zero-order chi connectivity index (χ0) is 33.3. The van der Waals surface area contributed by atoms with Gasteiger partial charge in [0.1, 0.15) is 23.4 Å². The van der Waals surface area contributed by atoms with Crippen LogP contribution in [-0.2, 0) is 24.2 Å². The molecule has 0 fully saturated rings. The molecule has 47 heavy (non-hydrogen) atoms. The summed E-state index contributed by atoms with van der Waals surface area (Å²) < 4.78 is 11.9. The summed E-state index contributed by atoms with van der Waals surface area (Å²) in [5.41, 5.74) is 7.69. The molecule has 3 aromatic carbocycles. The average molecular weight is 641 g/mol. The molecule has 3 aromatic rings. The van der Waals surface area contributed by atoms with Crippen LogP contribution in [0.2, 0.25) is 0 Å². The molecule has 0 bridgehead atoms. The van der Waals surface area contributed by atoms with Crippen molar-refractivity contribution in [3.05, 3.63) is 81.4 Å². The number of hydrogen-bond donors (Lipinski definition) is 3. The molecule has 0 saturated carbocycles. The van der Waals surface area contributed by atoms with Crippen LogP contribution < -0.4 is 25.0 Å². The highest BCUT2D eigenvalue weighted by molar-refractivity contribution is 5.85. The standard InChI is InChI=1S/C38H48N4O5/c1-24-25(2)34-30(26(3)33(24)43)16-18-38(4,47-34)36(44)39-19-10-6-7-11-20-40-37(45)46-29-14-15-32-28(22-29)23-42-21-17-27-12-8-9-13-31(27)35(42)41(32)5/h8-9,12-15,22,35,43H,6-7,10-11,16-21,23H2,1-5H3,(H,39,44)(H,40,45). The molecular weight excluding hydrogens is 592 g/mol. The van der Waals surface area contributed by atoms with Crippen molar-refractivity contribution in [1.82, 2.24) is 15.5 Å². The summed E-state index contributed by atoms with van der Waals surface area (Å²) in [6, 6.07) is 14.6. The Morgan fingerprint density at radius 1 is 0.957 bits per heavy atom. The van der Waals surface area contributed by atoms with E-state index < -0.39 is 11.7 Å². The number of carbonyl (C=O) groups is 2. The van der Waals surface area contributed by atoms with E-state index >= 15 is 0 Å². The van der Waals surface area contributed by atoms with Gasteiger partial charge >= 0.3 is 6.09 Å². The Balaban J connectivity index is 0.894. The van der Waals surface area contributed by atoms with Crippen molar-refractivity contribution in [2.24, 2.45) is 0 Å². The molecule has 3 aliphatic rings. The molecule has 9 nitrogen and oxygen atoms in total. The molecule has 250 valence electrons. The summed E-state index contributed by atoms with van der Waals surface area (Å²) >= 11 is 0. The number of aromatic hydroxyl groups is 1. The van der Waals surface area contributed by atoms with Crippen molar-refractivity contribution >= 4 is 17.7 Å².